The largest absolute Gasteiger partial charge is 0.508 e. The molecule has 72 valence electrons. The second-order valence-electron chi connectivity index (χ2n) is 2.90. The molecule has 0 rings (SSSR count). The van der Waals surface area contributed by atoms with Gasteiger partial charge in [-0.05, 0) is 6.42 Å². The van der Waals surface area contributed by atoms with Gasteiger partial charge in [-0.25, -0.2) is 0 Å². The van der Waals surface area contributed by atoms with Crippen molar-refractivity contribution in [2.24, 2.45) is 0 Å². The Labute approximate surface area is 85.7 Å². The zero-order valence-corrected chi connectivity index (χ0v) is 9.20. The fourth-order valence-electron chi connectivity index (χ4n) is 1.05. The number of halogens is 2. The second kappa shape index (κ2) is 9.69. The Morgan fingerprint density at radius 1 is 1.00 bits per heavy atom. The lowest BCUT2D eigenvalue weighted by atomic mass is 10.1. The minimum absolute atomic E-state index is 0.652. The number of hydrogen-bond acceptors (Lipinski definition) is 1. The highest BCUT2D eigenvalue weighted by Crippen LogP contribution is 2.06. The minimum Gasteiger partial charge on any atom is -0.409 e. The van der Waals surface area contributed by atoms with Crippen molar-refractivity contribution in [2.45, 2.75) is 45.4 Å². The van der Waals surface area contributed by atoms with E-state index in [9.17, 15) is 0 Å². The molecule has 0 heterocycles. The summed E-state index contributed by atoms with van der Waals surface area (Å²) in [7, 11) is 0. The fraction of sp³-hybridized carbons (Fsp3) is 1.00. The molecule has 0 spiro atoms. The van der Waals surface area contributed by atoms with Gasteiger partial charge in [-0.15, -0.1) is 22.9 Å². The summed E-state index contributed by atoms with van der Waals surface area (Å²) in [6, 6.07) is 0. The first-order valence-corrected chi connectivity index (χ1v) is 5.54. The van der Waals surface area contributed by atoms with E-state index in [1.807, 2.05) is 0 Å². The van der Waals surface area contributed by atoms with E-state index in [0.717, 1.165) is 6.42 Å². The Morgan fingerprint density at radius 2 is 1.58 bits per heavy atom. The Balaban J connectivity index is 2.82. The fourth-order valence-corrected chi connectivity index (χ4v) is 1.23. The molecule has 0 N–H and O–H groups in total. The van der Waals surface area contributed by atoms with Crippen molar-refractivity contribution < 1.29 is 4.65 Å². The number of rotatable bonds is 8. The molecule has 0 fully saturated rings. The SMILES string of the molecule is CCCCCCCCOB(Cl)Cl. The Bertz CT molecular complexity index is 91.1. The lowest BCUT2D eigenvalue weighted by molar-refractivity contribution is 0.324. The van der Waals surface area contributed by atoms with Crippen LogP contribution in [0.4, 0.5) is 0 Å². The summed E-state index contributed by atoms with van der Waals surface area (Å²) in [5, 5.41) is 0. The van der Waals surface area contributed by atoms with Crippen LogP contribution in [-0.4, -0.2) is 12.4 Å². The lowest BCUT2D eigenvalue weighted by Crippen LogP contribution is -2.03. The molecule has 0 atom stereocenters. The standard InChI is InChI=1S/C8H17BCl2O/c1-2-3-4-5-6-7-8-12-9(10)11/h2-8H2,1H3. The van der Waals surface area contributed by atoms with Crippen LogP contribution < -0.4 is 0 Å². The first kappa shape index (κ1) is 12.6. The molecule has 0 aliphatic heterocycles. The monoisotopic (exact) mass is 210 g/mol. The van der Waals surface area contributed by atoms with Gasteiger partial charge in [0.1, 0.15) is 0 Å². The average Bonchev–Trinajstić information content (AvgIpc) is 2.02. The van der Waals surface area contributed by atoms with Crippen molar-refractivity contribution in [2.75, 3.05) is 6.61 Å². The Morgan fingerprint density at radius 3 is 2.17 bits per heavy atom. The summed E-state index contributed by atoms with van der Waals surface area (Å²) in [4.78, 5) is 0. The van der Waals surface area contributed by atoms with Gasteiger partial charge in [0.25, 0.3) is 0 Å². The van der Waals surface area contributed by atoms with Crippen molar-refractivity contribution in [3.63, 3.8) is 0 Å². The van der Waals surface area contributed by atoms with Gasteiger partial charge in [0.2, 0.25) is 0 Å². The maximum atomic E-state index is 5.38. The van der Waals surface area contributed by atoms with Crippen LogP contribution in [0.5, 0.6) is 0 Å². The average molecular weight is 211 g/mol. The van der Waals surface area contributed by atoms with Crippen LogP contribution in [0.3, 0.4) is 0 Å². The van der Waals surface area contributed by atoms with E-state index < -0.39 is 5.75 Å². The maximum Gasteiger partial charge on any atom is 0.508 e. The van der Waals surface area contributed by atoms with E-state index in [1.165, 1.54) is 32.1 Å². The highest BCUT2D eigenvalue weighted by atomic mass is 35.5. The molecule has 0 bridgehead atoms. The molecule has 0 aliphatic rings. The van der Waals surface area contributed by atoms with E-state index in [1.54, 1.807) is 0 Å². The topological polar surface area (TPSA) is 9.23 Å². The number of unbranched alkanes of at least 4 members (excludes halogenated alkanes) is 5. The predicted octanol–water partition coefficient (Wildman–Crippen LogP) is 3.83. The molecule has 0 radical (unpaired) electrons. The summed E-state index contributed by atoms with van der Waals surface area (Å²) in [6.45, 7) is 2.90. The molecular weight excluding hydrogens is 194 g/mol. The highest BCUT2D eigenvalue weighted by molar-refractivity contribution is 7.30. The summed E-state index contributed by atoms with van der Waals surface area (Å²) in [5.41, 5.74) is 0. The molecule has 0 unspecified atom stereocenters. The van der Waals surface area contributed by atoms with Gasteiger partial charge in [0.05, 0.1) is 0 Å². The third-order valence-electron chi connectivity index (χ3n) is 1.74. The van der Waals surface area contributed by atoms with Gasteiger partial charge in [-0.1, -0.05) is 39.0 Å². The smallest absolute Gasteiger partial charge is 0.409 e. The van der Waals surface area contributed by atoms with Crippen LogP contribution in [-0.2, 0) is 4.65 Å². The summed E-state index contributed by atoms with van der Waals surface area (Å²) < 4.78 is 4.98. The summed E-state index contributed by atoms with van der Waals surface area (Å²) >= 11 is 10.8. The van der Waals surface area contributed by atoms with E-state index >= 15 is 0 Å². The molecule has 0 saturated carbocycles. The molecule has 1 nitrogen and oxygen atoms in total. The molecule has 4 heteroatoms. The van der Waals surface area contributed by atoms with E-state index in [4.69, 9.17) is 27.6 Å². The summed E-state index contributed by atoms with van der Waals surface area (Å²) in [6.07, 6.45) is 7.56. The van der Waals surface area contributed by atoms with Crippen LogP contribution in [0, 0.1) is 0 Å². The Kier molecular flexibility index (Phi) is 10.2. The quantitative estimate of drug-likeness (QED) is 0.437. The molecule has 0 saturated heterocycles. The van der Waals surface area contributed by atoms with Gasteiger partial charge in [0.15, 0.2) is 0 Å². The third kappa shape index (κ3) is 10.6. The minimum atomic E-state index is -0.652. The van der Waals surface area contributed by atoms with Gasteiger partial charge in [-0.2, -0.15) is 0 Å². The van der Waals surface area contributed by atoms with Gasteiger partial charge < -0.3 is 4.65 Å². The normalized spacial score (nSPS) is 10.2. The highest BCUT2D eigenvalue weighted by Gasteiger charge is 2.04. The maximum absolute atomic E-state index is 5.38. The molecular formula is C8H17BCl2O. The van der Waals surface area contributed by atoms with Crippen molar-refractivity contribution in [3.05, 3.63) is 0 Å². The Hall–Kier alpha value is 0.605. The van der Waals surface area contributed by atoms with E-state index in [-0.39, 0.29) is 0 Å². The molecule has 0 aliphatic carbocycles. The second-order valence-corrected chi connectivity index (χ2v) is 3.92. The predicted molar refractivity (Wildman–Crippen MR) is 56.8 cm³/mol. The van der Waals surface area contributed by atoms with Gasteiger partial charge in [0, 0.05) is 6.61 Å². The molecule has 0 aromatic rings. The van der Waals surface area contributed by atoms with Gasteiger partial charge >= 0.3 is 5.75 Å². The number of hydrogen-bond donors (Lipinski definition) is 0. The van der Waals surface area contributed by atoms with Crippen molar-refractivity contribution in [3.8, 4) is 0 Å². The third-order valence-corrected chi connectivity index (χ3v) is 1.99. The molecule has 0 aromatic carbocycles. The summed E-state index contributed by atoms with van der Waals surface area (Å²) in [5.74, 6) is -0.652. The molecule has 12 heavy (non-hydrogen) atoms. The van der Waals surface area contributed by atoms with Crippen molar-refractivity contribution >= 4 is 28.7 Å². The first-order valence-electron chi connectivity index (χ1n) is 4.67. The van der Waals surface area contributed by atoms with Crippen LogP contribution in [0.25, 0.3) is 0 Å². The van der Waals surface area contributed by atoms with E-state index in [0.29, 0.717) is 6.61 Å². The first-order chi connectivity index (χ1) is 5.77. The lowest BCUT2D eigenvalue weighted by Gasteiger charge is -2.01. The van der Waals surface area contributed by atoms with Crippen molar-refractivity contribution in [1.29, 1.82) is 0 Å². The zero-order chi connectivity index (χ0) is 9.23. The van der Waals surface area contributed by atoms with Crippen LogP contribution in [0.2, 0.25) is 0 Å². The van der Waals surface area contributed by atoms with E-state index in [2.05, 4.69) is 6.92 Å². The van der Waals surface area contributed by atoms with Crippen LogP contribution in [0.1, 0.15) is 45.4 Å². The van der Waals surface area contributed by atoms with Crippen molar-refractivity contribution in [1.82, 2.24) is 0 Å². The van der Waals surface area contributed by atoms with Crippen LogP contribution >= 0.6 is 22.9 Å². The zero-order valence-electron chi connectivity index (χ0n) is 7.69. The molecule has 0 amide bonds. The van der Waals surface area contributed by atoms with Gasteiger partial charge in [-0.3, -0.25) is 0 Å². The van der Waals surface area contributed by atoms with Crippen LogP contribution in [0.15, 0.2) is 0 Å². The molecule has 0 aromatic heterocycles.